The minimum atomic E-state index is 0.435. The van der Waals surface area contributed by atoms with E-state index in [1.54, 1.807) is 6.33 Å². The summed E-state index contributed by atoms with van der Waals surface area (Å²) >= 11 is 1.91. The Morgan fingerprint density at radius 2 is 2.33 bits per heavy atom. The Morgan fingerprint density at radius 3 is 3.00 bits per heavy atom. The number of nitrogens with one attached hydrogen (secondary N) is 2. The normalized spacial score (nSPS) is 12.8. The van der Waals surface area contributed by atoms with Gasteiger partial charge in [-0.3, -0.25) is 5.10 Å². The van der Waals surface area contributed by atoms with Crippen LogP contribution in [0.2, 0.25) is 0 Å². The van der Waals surface area contributed by atoms with E-state index in [1.165, 1.54) is 9.75 Å². The maximum absolute atomic E-state index is 4.11. The summed E-state index contributed by atoms with van der Waals surface area (Å²) in [7, 11) is 0. The molecule has 0 amide bonds. The molecule has 98 valence electrons. The van der Waals surface area contributed by atoms with Crippen molar-refractivity contribution >= 4 is 11.3 Å². The van der Waals surface area contributed by atoms with Crippen molar-refractivity contribution in [1.29, 1.82) is 0 Å². The van der Waals surface area contributed by atoms with Crippen LogP contribution >= 0.6 is 11.3 Å². The lowest BCUT2D eigenvalue weighted by Crippen LogP contribution is -2.19. The van der Waals surface area contributed by atoms with Crippen LogP contribution < -0.4 is 5.32 Å². The van der Waals surface area contributed by atoms with Gasteiger partial charge in [-0.2, -0.15) is 5.10 Å². The monoisotopic (exact) mass is 264 g/mol. The molecule has 2 aromatic heterocycles. The quantitative estimate of drug-likeness (QED) is 0.756. The lowest BCUT2D eigenvalue weighted by Gasteiger charge is -2.11. The summed E-state index contributed by atoms with van der Waals surface area (Å²) in [6, 6.07) is 4.90. The summed E-state index contributed by atoms with van der Waals surface area (Å²) in [4.78, 5) is 6.99. The third-order valence-electron chi connectivity index (χ3n) is 2.96. The molecular formula is C13H20N4S. The van der Waals surface area contributed by atoms with Gasteiger partial charge in [0.1, 0.15) is 12.2 Å². The largest absolute Gasteiger partial charge is 0.309 e. The van der Waals surface area contributed by atoms with E-state index in [4.69, 9.17) is 0 Å². The Labute approximate surface area is 112 Å². The molecule has 0 fully saturated rings. The lowest BCUT2D eigenvalue weighted by atomic mass is 10.2. The smallest absolute Gasteiger partial charge is 0.137 e. The molecule has 0 aromatic carbocycles. The molecular weight excluding hydrogens is 244 g/mol. The number of hydrogen-bond donors (Lipinski definition) is 2. The van der Waals surface area contributed by atoms with E-state index in [1.807, 2.05) is 11.3 Å². The minimum absolute atomic E-state index is 0.435. The number of aryl methyl sites for hydroxylation is 2. The van der Waals surface area contributed by atoms with Crippen molar-refractivity contribution in [3.05, 3.63) is 34.0 Å². The molecule has 0 aliphatic carbocycles. The van der Waals surface area contributed by atoms with Gasteiger partial charge in [0.15, 0.2) is 0 Å². The lowest BCUT2D eigenvalue weighted by molar-refractivity contribution is 0.561. The number of nitrogens with zero attached hydrogens (tertiary/aromatic N) is 2. The Bertz CT molecular complexity index is 449. The van der Waals surface area contributed by atoms with Crippen molar-refractivity contribution in [2.45, 2.75) is 39.2 Å². The molecule has 2 N–H and O–H groups in total. The second-order valence-electron chi connectivity index (χ2n) is 4.37. The summed E-state index contributed by atoms with van der Waals surface area (Å²) < 4.78 is 0. The van der Waals surface area contributed by atoms with Gasteiger partial charge in [0, 0.05) is 22.2 Å². The first-order valence-electron chi connectivity index (χ1n) is 6.46. The third-order valence-corrected chi connectivity index (χ3v) is 4.38. The van der Waals surface area contributed by atoms with Gasteiger partial charge in [-0.25, -0.2) is 4.98 Å². The van der Waals surface area contributed by atoms with E-state index in [-0.39, 0.29) is 0 Å². The predicted octanol–water partition coefficient (Wildman–Crippen LogP) is 2.71. The molecule has 0 radical (unpaired) electrons. The summed E-state index contributed by atoms with van der Waals surface area (Å²) in [5.41, 5.74) is 0. The van der Waals surface area contributed by atoms with Gasteiger partial charge >= 0.3 is 0 Å². The summed E-state index contributed by atoms with van der Waals surface area (Å²) in [6.45, 7) is 5.42. The van der Waals surface area contributed by atoms with Crippen LogP contribution in [0.15, 0.2) is 18.5 Å². The molecule has 0 saturated heterocycles. The van der Waals surface area contributed by atoms with E-state index in [2.05, 4.69) is 46.5 Å². The number of hydrogen-bond acceptors (Lipinski definition) is 4. The first-order valence-corrected chi connectivity index (χ1v) is 7.27. The number of aromatic nitrogens is 3. The van der Waals surface area contributed by atoms with Crippen LogP contribution in [0.5, 0.6) is 0 Å². The fourth-order valence-corrected chi connectivity index (χ4v) is 2.82. The van der Waals surface area contributed by atoms with E-state index in [9.17, 15) is 0 Å². The van der Waals surface area contributed by atoms with Gasteiger partial charge in [0.2, 0.25) is 0 Å². The van der Waals surface area contributed by atoms with Crippen molar-refractivity contribution in [1.82, 2.24) is 20.5 Å². The number of H-pyrrole nitrogens is 1. The van der Waals surface area contributed by atoms with Crippen molar-refractivity contribution in [2.24, 2.45) is 0 Å². The standard InChI is InChI=1S/C13H20N4S/c1-3-11-6-7-12(18-11)10(2)14-8-4-5-13-15-9-16-17-13/h6-7,9-10,14H,3-5,8H2,1-2H3,(H,15,16,17). The van der Waals surface area contributed by atoms with Crippen LogP contribution in [-0.4, -0.2) is 21.7 Å². The molecule has 1 unspecified atom stereocenters. The highest BCUT2D eigenvalue weighted by atomic mass is 32.1. The highest BCUT2D eigenvalue weighted by Gasteiger charge is 2.07. The Morgan fingerprint density at radius 1 is 1.44 bits per heavy atom. The molecule has 5 heteroatoms. The van der Waals surface area contributed by atoms with E-state index in [0.717, 1.165) is 31.6 Å². The summed E-state index contributed by atoms with van der Waals surface area (Å²) in [6.07, 6.45) is 4.71. The van der Waals surface area contributed by atoms with Gasteiger partial charge in [-0.15, -0.1) is 11.3 Å². The first-order chi connectivity index (χ1) is 8.79. The molecule has 2 heterocycles. The molecule has 0 spiro atoms. The minimum Gasteiger partial charge on any atom is -0.309 e. The maximum Gasteiger partial charge on any atom is 0.137 e. The first kappa shape index (κ1) is 13.2. The van der Waals surface area contributed by atoms with Gasteiger partial charge in [-0.1, -0.05) is 6.92 Å². The van der Waals surface area contributed by atoms with E-state index >= 15 is 0 Å². The Hall–Kier alpha value is -1.20. The van der Waals surface area contributed by atoms with Crippen LogP contribution in [0.4, 0.5) is 0 Å². The fraction of sp³-hybridized carbons (Fsp3) is 0.538. The van der Waals surface area contributed by atoms with E-state index in [0.29, 0.717) is 6.04 Å². The van der Waals surface area contributed by atoms with Crippen LogP contribution in [0, 0.1) is 0 Å². The highest BCUT2D eigenvalue weighted by Crippen LogP contribution is 2.23. The van der Waals surface area contributed by atoms with Crippen molar-refractivity contribution < 1.29 is 0 Å². The average molecular weight is 264 g/mol. The summed E-state index contributed by atoms with van der Waals surface area (Å²) in [5, 5.41) is 10.3. The highest BCUT2D eigenvalue weighted by molar-refractivity contribution is 7.12. The number of rotatable bonds is 7. The van der Waals surface area contributed by atoms with Crippen LogP contribution in [0.1, 0.15) is 41.9 Å². The van der Waals surface area contributed by atoms with Crippen molar-refractivity contribution in [3.8, 4) is 0 Å². The topological polar surface area (TPSA) is 53.6 Å². The molecule has 2 rings (SSSR count). The van der Waals surface area contributed by atoms with Crippen LogP contribution in [-0.2, 0) is 12.8 Å². The zero-order chi connectivity index (χ0) is 12.8. The fourth-order valence-electron chi connectivity index (χ4n) is 1.84. The van der Waals surface area contributed by atoms with Gasteiger partial charge in [-0.05, 0) is 38.4 Å². The molecule has 18 heavy (non-hydrogen) atoms. The third kappa shape index (κ3) is 3.65. The van der Waals surface area contributed by atoms with Crippen LogP contribution in [0.3, 0.4) is 0 Å². The number of thiophene rings is 1. The molecule has 0 aliphatic heterocycles. The maximum atomic E-state index is 4.11. The molecule has 2 aromatic rings. The van der Waals surface area contributed by atoms with E-state index < -0.39 is 0 Å². The molecule has 1 atom stereocenters. The zero-order valence-electron chi connectivity index (χ0n) is 10.9. The zero-order valence-corrected chi connectivity index (χ0v) is 11.8. The second kappa shape index (κ2) is 6.66. The molecule has 0 bridgehead atoms. The van der Waals surface area contributed by atoms with Gasteiger partial charge in [0.05, 0.1) is 0 Å². The second-order valence-corrected chi connectivity index (χ2v) is 5.57. The predicted molar refractivity (Wildman–Crippen MR) is 74.8 cm³/mol. The molecule has 0 aliphatic rings. The van der Waals surface area contributed by atoms with Gasteiger partial charge in [0.25, 0.3) is 0 Å². The van der Waals surface area contributed by atoms with Crippen LogP contribution in [0.25, 0.3) is 0 Å². The molecule has 0 saturated carbocycles. The Kier molecular flexibility index (Phi) is 4.90. The number of aromatic amines is 1. The van der Waals surface area contributed by atoms with Crippen molar-refractivity contribution in [3.63, 3.8) is 0 Å². The molecule has 4 nitrogen and oxygen atoms in total. The van der Waals surface area contributed by atoms with Gasteiger partial charge < -0.3 is 5.32 Å². The SMILES string of the molecule is CCc1ccc(C(C)NCCCc2ncn[nH]2)s1. The average Bonchev–Trinajstić information content (AvgIpc) is 3.05. The van der Waals surface area contributed by atoms with Crippen molar-refractivity contribution in [2.75, 3.05) is 6.54 Å². The summed E-state index contributed by atoms with van der Waals surface area (Å²) in [5.74, 6) is 0.967. The Balaban J connectivity index is 1.69.